The van der Waals surface area contributed by atoms with Gasteiger partial charge in [0.1, 0.15) is 0 Å². The number of carboxylic acids is 1. The number of halogens is 1. The maximum Gasteiger partial charge on any atom is 0.492 e. The van der Waals surface area contributed by atoms with E-state index >= 15 is 0 Å². The number of aromatic nitrogens is 1. The summed E-state index contributed by atoms with van der Waals surface area (Å²) in [6.07, 6.45) is 2.55. The zero-order chi connectivity index (χ0) is 19.7. The van der Waals surface area contributed by atoms with E-state index in [0.29, 0.717) is 5.47 Å². The summed E-state index contributed by atoms with van der Waals surface area (Å²) in [6.45, 7) is 8.87. The molecule has 2 heterocycles. The van der Waals surface area contributed by atoms with Gasteiger partial charge in [-0.15, -0.1) is 0 Å². The number of nitrogens with one attached hydrogen (secondary N) is 1. The Morgan fingerprint density at radius 3 is 2.38 bits per heavy atom. The van der Waals surface area contributed by atoms with E-state index in [-0.39, 0.29) is 18.1 Å². The molecule has 1 amide bonds. The van der Waals surface area contributed by atoms with E-state index < -0.39 is 35.7 Å². The van der Waals surface area contributed by atoms with Crippen LogP contribution in [0.3, 0.4) is 0 Å². The standard InChI is InChI=1S/C17H22BFN2O5/c1-10(22)21-9-11(18-25-16(2,3)17(4,5)26-18)8-13-14(19)12(15(23)24)6-7-20-13/h6-8H,9H2,1-5H3,(H,21,22)(H,23,24). The Kier molecular flexibility index (Phi) is 5.53. The number of carboxylic acid groups (broad SMARTS) is 1. The zero-order valence-corrected chi connectivity index (χ0v) is 15.4. The summed E-state index contributed by atoms with van der Waals surface area (Å²) in [6, 6.07) is 1.08. The van der Waals surface area contributed by atoms with Crippen LogP contribution in [0.5, 0.6) is 0 Å². The zero-order valence-electron chi connectivity index (χ0n) is 15.4. The molecule has 0 spiro atoms. The Morgan fingerprint density at radius 1 is 1.31 bits per heavy atom. The van der Waals surface area contributed by atoms with Gasteiger partial charge in [-0.3, -0.25) is 9.78 Å². The minimum Gasteiger partial charge on any atom is -0.478 e. The Balaban J connectivity index is 2.43. The summed E-state index contributed by atoms with van der Waals surface area (Å²) in [5.41, 5.74) is -1.48. The molecule has 1 aliphatic heterocycles. The van der Waals surface area contributed by atoms with Crippen LogP contribution in [0.4, 0.5) is 4.39 Å². The molecule has 9 heteroatoms. The van der Waals surface area contributed by atoms with Crippen molar-refractivity contribution in [2.75, 3.05) is 6.54 Å². The lowest BCUT2D eigenvalue weighted by atomic mass is 9.77. The van der Waals surface area contributed by atoms with Crippen molar-refractivity contribution in [1.82, 2.24) is 10.3 Å². The minimum absolute atomic E-state index is 0.0462. The number of nitrogens with zero attached hydrogens (tertiary/aromatic N) is 1. The van der Waals surface area contributed by atoms with Gasteiger partial charge >= 0.3 is 13.1 Å². The smallest absolute Gasteiger partial charge is 0.478 e. The van der Waals surface area contributed by atoms with Crippen LogP contribution >= 0.6 is 0 Å². The van der Waals surface area contributed by atoms with Gasteiger partial charge in [0.15, 0.2) is 5.82 Å². The van der Waals surface area contributed by atoms with E-state index in [4.69, 9.17) is 14.4 Å². The molecule has 2 rings (SSSR count). The van der Waals surface area contributed by atoms with E-state index in [1.165, 1.54) is 19.2 Å². The van der Waals surface area contributed by atoms with Crippen LogP contribution < -0.4 is 5.32 Å². The molecule has 0 unspecified atom stereocenters. The molecule has 1 aromatic heterocycles. The second-order valence-electron chi connectivity index (χ2n) is 7.08. The average molecular weight is 364 g/mol. The van der Waals surface area contributed by atoms with E-state index in [1.54, 1.807) is 0 Å². The first kappa shape index (κ1) is 20.1. The molecule has 0 radical (unpaired) electrons. The Bertz CT molecular complexity index is 748. The lowest BCUT2D eigenvalue weighted by Crippen LogP contribution is -2.41. The summed E-state index contributed by atoms with van der Waals surface area (Å²) in [7, 11) is -0.832. The van der Waals surface area contributed by atoms with Crippen molar-refractivity contribution in [3.8, 4) is 0 Å². The van der Waals surface area contributed by atoms with E-state index in [2.05, 4.69) is 10.3 Å². The molecule has 0 aliphatic carbocycles. The lowest BCUT2D eigenvalue weighted by Gasteiger charge is -2.32. The highest BCUT2D eigenvalue weighted by Crippen LogP contribution is 2.38. The number of pyridine rings is 1. The fourth-order valence-corrected chi connectivity index (χ4v) is 2.32. The third kappa shape index (κ3) is 4.11. The normalized spacial score (nSPS) is 18.7. The highest BCUT2D eigenvalue weighted by molar-refractivity contribution is 6.56. The number of hydrogen-bond acceptors (Lipinski definition) is 5. The summed E-state index contributed by atoms with van der Waals surface area (Å²) < 4.78 is 26.3. The van der Waals surface area contributed by atoms with Crippen molar-refractivity contribution in [3.05, 3.63) is 34.8 Å². The van der Waals surface area contributed by atoms with Gasteiger partial charge in [-0.25, -0.2) is 9.18 Å². The van der Waals surface area contributed by atoms with Crippen LogP contribution in [0.25, 0.3) is 6.08 Å². The molecule has 1 fully saturated rings. The predicted octanol–water partition coefficient (Wildman–Crippen LogP) is 2.07. The van der Waals surface area contributed by atoms with Crippen LogP contribution in [-0.4, -0.2) is 46.8 Å². The third-order valence-electron chi connectivity index (χ3n) is 4.57. The highest BCUT2D eigenvalue weighted by atomic mass is 19.1. The van der Waals surface area contributed by atoms with Crippen LogP contribution in [-0.2, 0) is 14.1 Å². The molecule has 26 heavy (non-hydrogen) atoms. The van der Waals surface area contributed by atoms with E-state index in [9.17, 15) is 14.0 Å². The van der Waals surface area contributed by atoms with Gasteiger partial charge in [-0.05, 0) is 45.3 Å². The second-order valence-corrected chi connectivity index (χ2v) is 7.08. The first-order valence-electron chi connectivity index (χ1n) is 8.13. The second kappa shape index (κ2) is 7.16. The van der Waals surface area contributed by atoms with Crippen LogP contribution in [0.2, 0.25) is 0 Å². The van der Waals surface area contributed by atoms with Gasteiger partial charge in [-0.2, -0.15) is 0 Å². The number of aromatic carboxylic acids is 1. The summed E-state index contributed by atoms with van der Waals surface area (Å²) in [5.74, 6) is -2.63. The number of hydrogen-bond donors (Lipinski definition) is 2. The number of rotatable bonds is 5. The monoisotopic (exact) mass is 364 g/mol. The van der Waals surface area contributed by atoms with Crippen LogP contribution in [0.15, 0.2) is 17.7 Å². The van der Waals surface area contributed by atoms with E-state index in [1.807, 2.05) is 27.7 Å². The number of amides is 1. The molecule has 140 valence electrons. The number of carbonyl (C=O) groups is 2. The summed E-state index contributed by atoms with van der Waals surface area (Å²) in [4.78, 5) is 26.3. The SMILES string of the molecule is CC(=O)NCC(=Cc1nccc(C(=O)O)c1F)B1OC(C)(C)C(C)(C)O1. The number of carbonyl (C=O) groups excluding carboxylic acids is 1. The van der Waals surface area contributed by atoms with Gasteiger partial charge in [-0.1, -0.05) is 0 Å². The maximum atomic E-state index is 14.4. The molecule has 0 atom stereocenters. The van der Waals surface area contributed by atoms with Crippen molar-refractivity contribution < 1.29 is 28.4 Å². The van der Waals surface area contributed by atoms with Gasteiger partial charge in [0.25, 0.3) is 0 Å². The Morgan fingerprint density at radius 2 is 1.88 bits per heavy atom. The first-order chi connectivity index (χ1) is 11.9. The third-order valence-corrected chi connectivity index (χ3v) is 4.57. The largest absolute Gasteiger partial charge is 0.492 e. The van der Waals surface area contributed by atoms with Crippen molar-refractivity contribution in [2.45, 2.75) is 45.8 Å². The average Bonchev–Trinajstić information content (AvgIpc) is 2.72. The quantitative estimate of drug-likeness (QED) is 0.777. The van der Waals surface area contributed by atoms with Crippen molar-refractivity contribution in [2.24, 2.45) is 0 Å². The molecular weight excluding hydrogens is 342 g/mol. The Hall–Kier alpha value is -2.26. The van der Waals surface area contributed by atoms with Gasteiger partial charge in [0.05, 0.1) is 22.5 Å². The van der Waals surface area contributed by atoms with Crippen LogP contribution in [0, 0.1) is 5.82 Å². The molecule has 1 aromatic rings. The molecule has 0 saturated carbocycles. The van der Waals surface area contributed by atoms with Crippen LogP contribution in [0.1, 0.15) is 50.7 Å². The van der Waals surface area contributed by atoms with Crippen molar-refractivity contribution in [3.63, 3.8) is 0 Å². The van der Waals surface area contributed by atoms with Gasteiger partial charge in [0.2, 0.25) is 5.91 Å². The summed E-state index contributed by atoms with van der Waals surface area (Å²) in [5, 5.41) is 11.7. The topological polar surface area (TPSA) is 97.8 Å². The molecule has 7 nitrogen and oxygen atoms in total. The molecule has 0 aromatic carbocycles. The molecule has 2 N–H and O–H groups in total. The Labute approximate surface area is 151 Å². The minimum atomic E-state index is -1.39. The summed E-state index contributed by atoms with van der Waals surface area (Å²) >= 11 is 0. The van der Waals surface area contributed by atoms with Crippen molar-refractivity contribution >= 4 is 25.1 Å². The van der Waals surface area contributed by atoms with Gasteiger partial charge in [0, 0.05) is 19.7 Å². The first-order valence-corrected chi connectivity index (χ1v) is 8.13. The van der Waals surface area contributed by atoms with E-state index in [0.717, 1.165) is 6.07 Å². The van der Waals surface area contributed by atoms with Crippen molar-refractivity contribution in [1.29, 1.82) is 0 Å². The molecule has 1 saturated heterocycles. The lowest BCUT2D eigenvalue weighted by molar-refractivity contribution is -0.118. The fraction of sp³-hybridized carbons (Fsp3) is 0.471. The highest BCUT2D eigenvalue weighted by Gasteiger charge is 2.52. The molecular formula is C17H22BFN2O5. The maximum absolute atomic E-state index is 14.4. The van der Waals surface area contributed by atoms with Gasteiger partial charge < -0.3 is 19.7 Å². The predicted molar refractivity (Wildman–Crippen MR) is 93.9 cm³/mol. The molecule has 0 bridgehead atoms. The fourth-order valence-electron chi connectivity index (χ4n) is 2.32. The molecule has 1 aliphatic rings.